The van der Waals surface area contributed by atoms with Crippen LogP contribution in [0.4, 0.5) is 11.4 Å². The highest BCUT2D eigenvalue weighted by Crippen LogP contribution is 2.36. The minimum atomic E-state index is -1.25. The van der Waals surface area contributed by atoms with Crippen LogP contribution >= 0.6 is 0 Å². The van der Waals surface area contributed by atoms with Crippen molar-refractivity contribution in [2.24, 2.45) is 0 Å². The van der Waals surface area contributed by atoms with Crippen molar-refractivity contribution in [3.8, 4) is 0 Å². The SMILES string of the molecule is O=C1OC(=O)c2c1ccc([N+](=O)[O-])c2[N+](=O)[O-]. The summed E-state index contributed by atoms with van der Waals surface area (Å²) in [5.41, 5.74) is -2.90. The third-order valence-electron chi connectivity index (χ3n) is 2.15. The van der Waals surface area contributed by atoms with E-state index in [4.69, 9.17) is 0 Å². The molecule has 9 nitrogen and oxygen atoms in total. The van der Waals surface area contributed by atoms with Gasteiger partial charge in [-0.3, -0.25) is 20.2 Å². The summed E-state index contributed by atoms with van der Waals surface area (Å²) >= 11 is 0. The van der Waals surface area contributed by atoms with Crippen molar-refractivity contribution in [2.75, 3.05) is 0 Å². The van der Waals surface area contributed by atoms with E-state index in [9.17, 15) is 29.8 Å². The molecule has 0 spiro atoms. The van der Waals surface area contributed by atoms with Gasteiger partial charge < -0.3 is 4.74 Å². The van der Waals surface area contributed by atoms with E-state index in [1.54, 1.807) is 0 Å². The van der Waals surface area contributed by atoms with Crippen LogP contribution in [0.1, 0.15) is 20.7 Å². The van der Waals surface area contributed by atoms with E-state index in [0.29, 0.717) is 0 Å². The molecule has 0 saturated heterocycles. The maximum Gasteiger partial charge on any atom is 0.361 e. The molecule has 1 aliphatic heterocycles. The van der Waals surface area contributed by atoms with Gasteiger partial charge in [-0.05, 0) is 6.07 Å². The largest absolute Gasteiger partial charge is 0.385 e. The predicted molar refractivity (Wildman–Crippen MR) is 49.5 cm³/mol. The highest BCUT2D eigenvalue weighted by atomic mass is 16.6. The fourth-order valence-electron chi connectivity index (χ4n) is 1.48. The molecule has 0 amide bonds. The van der Waals surface area contributed by atoms with Crippen molar-refractivity contribution >= 4 is 23.3 Å². The molecule has 0 aromatic heterocycles. The molecule has 0 bridgehead atoms. The topological polar surface area (TPSA) is 130 Å². The average Bonchev–Trinajstić information content (AvgIpc) is 2.53. The first-order chi connectivity index (χ1) is 7.93. The van der Waals surface area contributed by atoms with Gasteiger partial charge in [-0.25, -0.2) is 9.59 Å². The molecule has 1 aromatic rings. The van der Waals surface area contributed by atoms with Crippen molar-refractivity contribution in [1.82, 2.24) is 0 Å². The molecular formula is C8H2N2O7. The summed E-state index contributed by atoms with van der Waals surface area (Å²) in [4.78, 5) is 41.5. The Morgan fingerprint density at radius 2 is 1.65 bits per heavy atom. The van der Waals surface area contributed by atoms with Crippen molar-refractivity contribution in [2.45, 2.75) is 0 Å². The Kier molecular flexibility index (Phi) is 2.09. The van der Waals surface area contributed by atoms with E-state index in [1.807, 2.05) is 0 Å². The lowest BCUT2D eigenvalue weighted by molar-refractivity contribution is -0.422. The number of cyclic esters (lactones) is 2. The second kappa shape index (κ2) is 3.33. The number of ether oxygens (including phenoxy) is 1. The Bertz CT molecular complexity index is 592. The highest BCUT2D eigenvalue weighted by molar-refractivity contribution is 6.17. The Morgan fingerprint density at radius 3 is 2.18 bits per heavy atom. The quantitative estimate of drug-likeness (QED) is 0.322. The molecule has 86 valence electrons. The fourth-order valence-corrected chi connectivity index (χ4v) is 1.48. The summed E-state index contributed by atoms with van der Waals surface area (Å²) in [6.45, 7) is 0. The first-order valence-electron chi connectivity index (χ1n) is 4.15. The van der Waals surface area contributed by atoms with Crippen molar-refractivity contribution < 1.29 is 24.2 Å². The molecule has 1 heterocycles. The van der Waals surface area contributed by atoms with E-state index in [-0.39, 0.29) is 5.56 Å². The van der Waals surface area contributed by atoms with Crippen LogP contribution in [0.15, 0.2) is 12.1 Å². The van der Waals surface area contributed by atoms with Gasteiger partial charge in [0.15, 0.2) is 5.56 Å². The smallest absolute Gasteiger partial charge is 0.361 e. The molecule has 9 heteroatoms. The number of nitro groups is 2. The maximum atomic E-state index is 11.2. The number of hydrogen-bond donors (Lipinski definition) is 0. The zero-order chi connectivity index (χ0) is 12.7. The number of esters is 2. The monoisotopic (exact) mass is 238 g/mol. The summed E-state index contributed by atoms with van der Waals surface area (Å²) in [5, 5.41) is 21.3. The van der Waals surface area contributed by atoms with Crippen molar-refractivity contribution in [3.63, 3.8) is 0 Å². The van der Waals surface area contributed by atoms with Gasteiger partial charge in [0.25, 0.3) is 0 Å². The van der Waals surface area contributed by atoms with Gasteiger partial charge in [-0.15, -0.1) is 0 Å². The number of benzene rings is 1. The summed E-state index contributed by atoms with van der Waals surface area (Å²) < 4.78 is 4.15. The van der Waals surface area contributed by atoms with Gasteiger partial charge in [0.05, 0.1) is 15.4 Å². The van der Waals surface area contributed by atoms with Gasteiger partial charge in [-0.1, -0.05) is 0 Å². The minimum absolute atomic E-state index is 0.340. The zero-order valence-electron chi connectivity index (χ0n) is 7.91. The van der Waals surface area contributed by atoms with Crippen LogP contribution in [0.25, 0.3) is 0 Å². The Labute approximate surface area is 91.9 Å². The molecule has 0 atom stereocenters. The van der Waals surface area contributed by atoms with Crippen LogP contribution in [0.5, 0.6) is 0 Å². The van der Waals surface area contributed by atoms with Crippen LogP contribution in [0, 0.1) is 20.2 Å². The standard InChI is InChI=1S/C8H2N2O7/c11-7-3-1-2-4(9(13)14)6(10(15)16)5(3)8(12)17-7/h1-2H. The second-order valence-corrected chi connectivity index (χ2v) is 3.05. The lowest BCUT2D eigenvalue weighted by Crippen LogP contribution is -2.04. The summed E-state index contributed by atoms with van der Waals surface area (Å²) in [6, 6.07) is 1.74. The predicted octanol–water partition coefficient (Wildman–Crippen LogP) is 0.814. The molecule has 0 fully saturated rings. The first kappa shape index (κ1) is 10.7. The van der Waals surface area contributed by atoms with E-state index in [1.165, 1.54) is 0 Å². The number of nitrogens with zero attached hydrogens (tertiary/aromatic N) is 2. The van der Waals surface area contributed by atoms with E-state index in [2.05, 4.69) is 4.74 Å². The van der Waals surface area contributed by atoms with E-state index >= 15 is 0 Å². The summed E-state index contributed by atoms with van der Waals surface area (Å²) in [7, 11) is 0. The van der Waals surface area contributed by atoms with Crippen LogP contribution in [0.3, 0.4) is 0 Å². The normalized spacial score (nSPS) is 13.2. The van der Waals surface area contributed by atoms with Gasteiger partial charge in [0.2, 0.25) is 0 Å². The highest BCUT2D eigenvalue weighted by Gasteiger charge is 2.42. The lowest BCUT2D eigenvalue weighted by Gasteiger charge is -1.97. The van der Waals surface area contributed by atoms with Crippen LogP contribution < -0.4 is 0 Å². The second-order valence-electron chi connectivity index (χ2n) is 3.05. The number of fused-ring (bicyclic) bond motifs is 1. The van der Waals surface area contributed by atoms with Gasteiger partial charge in [0.1, 0.15) is 0 Å². The maximum absolute atomic E-state index is 11.2. The van der Waals surface area contributed by atoms with Crippen LogP contribution in [-0.4, -0.2) is 21.8 Å². The molecule has 17 heavy (non-hydrogen) atoms. The molecule has 0 radical (unpaired) electrons. The Balaban J connectivity index is 2.84. The molecule has 0 aliphatic carbocycles. The van der Waals surface area contributed by atoms with Gasteiger partial charge in [-0.2, -0.15) is 0 Å². The molecule has 0 N–H and O–H groups in total. The molecule has 0 saturated carbocycles. The third-order valence-corrected chi connectivity index (χ3v) is 2.15. The third kappa shape index (κ3) is 1.40. The van der Waals surface area contributed by atoms with Crippen LogP contribution in [0.2, 0.25) is 0 Å². The Hall–Kier alpha value is -2.84. The van der Waals surface area contributed by atoms with Gasteiger partial charge >= 0.3 is 23.3 Å². The summed E-state index contributed by atoms with van der Waals surface area (Å²) in [6.07, 6.45) is 0. The minimum Gasteiger partial charge on any atom is -0.385 e. The molecule has 2 rings (SSSR count). The molecule has 1 aromatic carbocycles. The molecule has 1 aliphatic rings. The number of carbonyl (C=O) groups is 2. The van der Waals surface area contributed by atoms with Crippen molar-refractivity contribution in [1.29, 1.82) is 0 Å². The Morgan fingerprint density at radius 1 is 1.00 bits per heavy atom. The lowest BCUT2D eigenvalue weighted by atomic mass is 10.1. The van der Waals surface area contributed by atoms with Crippen molar-refractivity contribution in [3.05, 3.63) is 43.5 Å². The first-order valence-corrected chi connectivity index (χ1v) is 4.15. The van der Waals surface area contributed by atoms with E-state index in [0.717, 1.165) is 12.1 Å². The van der Waals surface area contributed by atoms with E-state index < -0.39 is 38.7 Å². The zero-order valence-corrected chi connectivity index (χ0v) is 7.91. The molecular weight excluding hydrogens is 236 g/mol. The fraction of sp³-hybridized carbons (Fsp3) is 0. The number of rotatable bonds is 2. The summed E-state index contributed by atoms with van der Waals surface area (Å²) in [5.74, 6) is -2.30. The average molecular weight is 238 g/mol. The number of nitro benzene ring substituents is 2. The van der Waals surface area contributed by atoms with Gasteiger partial charge in [0, 0.05) is 6.07 Å². The number of hydrogen-bond acceptors (Lipinski definition) is 7. The van der Waals surface area contributed by atoms with Crippen LogP contribution in [-0.2, 0) is 4.74 Å². The molecule has 0 unspecified atom stereocenters. The number of carbonyl (C=O) groups excluding carboxylic acids is 2.